The standard InChI is InChI=1S/C22H26N2S/c25-15-14-23-13-10-22-19(4-3-5-20(22)17-23)16-18-6-8-21(9-7-18)24-11-1-2-12-24/h6-10,13,16-17H,1-5,11-12,14-15H2/p+1. The van der Waals surface area contributed by atoms with Gasteiger partial charge < -0.3 is 4.90 Å². The van der Waals surface area contributed by atoms with Gasteiger partial charge in [-0.2, -0.15) is 12.6 Å². The number of aromatic nitrogens is 1. The minimum absolute atomic E-state index is 0.884. The zero-order chi connectivity index (χ0) is 17.1. The summed E-state index contributed by atoms with van der Waals surface area (Å²) in [6.07, 6.45) is 13.2. The van der Waals surface area contributed by atoms with E-state index in [4.69, 9.17) is 0 Å². The van der Waals surface area contributed by atoms with E-state index in [0.29, 0.717) is 0 Å². The van der Waals surface area contributed by atoms with Crippen LogP contribution in [0.5, 0.6) is 0 Å². The van der Waals surface area contributed by atoms with E-state index in [0.717, 1.165) is 12.3 Å². The molecule has 1 saturated heterocycles. The average Bonchev–Trinajstić information content (AvgIpc) is 3.17. The van der Waals surface area contributed by atoms with Crippen LogP contribution in [0.15, 0.2) is 42.7 Å². The van der Waals surface area contributed by atoms with Gasteiger partial charge in [0, 0.05) is 36.2 Å². The van der Waals surface area contributed by atoms with Crippen molar-refractivity contribution in [3.05, 3.63) is 59.4 Å². The summed E-state index contributed by atoms with van der Waals surface area (Å²) in [5, 5.41) is 0. The fourth-order valence-corrected chi connectivity index (χ4v) is 4.30. The summed E-state index contributed by atoms with van der Waals surface area (Å²) in [7, 11) is 0. The summed E-state index contributed by atoms with van der Waals surface area (Å²) in [6, 6.07) is 11.4. The van der Waals surface area contributed by atoms with Gasteiger partial charge in [-0.15, -0.1) is 0 Å². The molecule has 2 aliphatic rings. The largest absolute Gasteiger partial charge is 0.372 e. The lowest BCUT2D eigenvalue weighted by molar-refractivity contribution is -0.692. The van der Waals surface area contributed by atoms with Crippen molar-refractivity contribution in [3.63, 3.8) is 0 Å². The molecule has 0 N–H and O–H groups in total. The van der Waals surface area contributed by atoms with Crippen LogP contribution < -0.4 is 9.47 Å². The molecule has 0 atom stereocenters. The molecular formula is C22H27N2S+. The van der Waals surface area contributed by atoms with Crippen molar-refractivity contribution in [2.75, 3.05) is 23.7 Å². The normalized spacial score (nSPS) is 18.6. The first-order valence-corrected chi connectivity index (χ1v) is 10.2. The van der Waals surface area contributed by atoms with Gasteiger partial charge in [-0.05, 0) is 60.9 Å². The molecule has 0 amide bonds. The van der Waals surface area contributed by atoms with E-state index in [1.54, 1.807) is 0 Å². The number of anilines is 1. The summed E-state index contributed by atoms with van der Waals surface area (Å²) < 4.78 is 2.26. The van der Waals surface area contributed by atoms with Gasteiger partial charge >= 0.3 is 0 Å². The molecule has 3 heteroatoms. The van der Waals surface area contributed by atoms with Crippen molar-refractivity contribution in [1.29, 1.82) is 0 Å². The number of thiol groups is 1. The molecule has 0 spiro atoms. The number of hydrogen-bond donors (Lipinski definition) is 1. The number of rotatable bonds is 4. The van der Waals surface area contributed by atoms with Crippen LogP contribution in [0.1, 0.15) is 42.4 Å². The molecule has 4 rings (SSSR count). The van der Waals surface area contributed by atoms with Crippen molar-refractivity contribution in [2.24, 2.45) is 0 Å². The number of fused-ring (bicyclic) bond motifs is 1. The molecule has 0 saturated carbocycles. The van der Waals surface area contributed by atoms with Crippen molar-refractivity contribution >= 4 is 30.0 Å². The van der Waals surface area contributed by atoms with Gasteiger partial charge in [0.25, 0.3) is 0 Å². The molecule has 1 fully saturated rings. The van der Waals surface area contributed by atoms with Gasteiger partial charge in [0.05, 0.1) is 0 Å². The molecule has 0 bridgehead atoms. The molecule has 130 valence electrons. The van der Waals surface area contributed by atoms with Crippen molar-refractivity contribution in [3.8, 4) is 0 Å². The third-order valence-electron chi connectivity index (χ3n) is 5.40. The van der Waals surface area contributed by atoms with Crippen LogP contribution in [0.2, 0.25) is 0 Å². The molecule has 1 aliphatic carbocycles. The Kier molecular flexibility index (Phi) is 5.12. The zero-order valence-electron chi connectivity index (χ0n) is 14.8. The van der Waals surface area contributed by atoms with Crippen LogP contribution in [0.25, 0.3) is 11.6 Å². The van der Waals surface area contributed by atoms with E-state index in [1.165, 1.54) is 73.1 Å². The van der Waals surface area contributed by atoms with Crippen LogP contribution in [0.4, 0.5) is 5.69 Å². The Morgan fingerprint density at radius 2 is 1.80 bits per heavy atom. The lowest BCUT2D eigenvalue weighted by Gasteiger charge is -2.19. The molecule has 2 aromatic rings. The molecule has 2 nitrogen and oxygen atoms in total. The van der Waals surface area contributed by atoms with Crippen molar-refractivity contribution in [1.82, 2.24) is 0 Å². The van der Waals surface area contributed by atoms with Gasteiger partial charge in [0.2, 0.25) is 0 Å². The molecule has 1 aliphatic heterocycles. The quantitative estimate of drug-likeness (QED) is 0.634. The van der Waals surface area contributed by atoms with Crippen molar-refractivity contribution < 1.29 is 4.57 Å². The fraction of sp³-hybridized carbons (Fsp3) is 0.409. The van der Waals surface area contributed by atoms with Gasteiger partial charge in [-0.25, -0.2) is 4.57 Å². The third kappa shape index (κ3) is 3.77. The van der Waals surface area contributed by atoms with Crippen LogP contribution in [0, 0.1) is 0 Å². The Balaban J connectivity index is 1.57. The molecule has 2 heterocycles. The summed E-state index contributed by atoms with van der Waals surface area (Å²) in [4.78, 5) is 2.49. The lowest BCUT2D eigenvalue weighted by Crippen LogP contribution is -2.35. The molecule has 1 aromatic carbocycles. The second kappa shape index (κ2) is 7.65. The van der Waals surface area contributed by atoms with E-state index in [-0.39, 0.29) is 0 Å². The molecule has 1 aromatic heterocycles. The maximum Gasteiger partial charge on any atom is 0.172 e. The Labute approximate surface area is 156 Å². The topological polar surface area (TPSA) is 7.12 Å². The van der Waals surface area contributed by atoms with E-state index >= 15 is 0 Å². The summed E-state index contributed by atoms with van der Waals surface area (Å²) in [6.45, 7) is 3.40. The minimum Gasteiger partial charge on any atom is -0.372 e. The lowest BCUT2D eigenvalue weighted by atomic mass is 9.87. The first kappa shape index (κ1) is 16.7. The summed E-state index contributed by atoms with van der Waals surface area (Å²) in [5.41, 5.74) is 7.09. The third-order valence-corrected chi connectivity index (χ3v) is 5.60. The smallest absolute Gasteiger partial charge is 0.172 e. The van der Waals surface area contributed by atoms with E-state index in [1.807, 2.05) is 0 Å². The summed E-state index contributed by atoms with van der Waals surface area (Å²) >= 11 is 4.35. The highest BCUT2D eigenvalue weighted by molar-refractivity contribution is 7.80. The van der Waals surface area contributed by atoms with Crippen LogP contribution >= 0.6 is 12.6 Å². The minimum atomic E-state index is 0.884. The highest BCUT2D eigenvalue weighted by atomic mass is 32.1. The maximum absolute atomic E-state index is 4.35. The number of allylic oxidation sites excluding steroid dienone is 1. The van der Waals surface area contributed by atoms with Crippen LogP contribution in [-0.2, 0) is 13.0 Å². The maximum atomic E-state index is 4.35. The van der Waals surface area contributed by atoms with Gasteiger partial charge in [0.15, 0.2) is 18.9 Å². The average molecular weight is 352 g/mol. The Morgan fingerprint density at radius 3 is 2.56 bits per heavy atom. The SMILES string of the molecule is SCC[n+]1ccc2c(c1)CCC/C2=C\c1ccc(N2CCCC2)cc1. The number of pyridine rings is 1. The molecule has 0 radical (unpaired) electrons. The monoisotopic (exact) mass is 351 g/mol. The van der Waals surface area contributed by atoms with Gasteiger partial charge in [-0.3, -0.25) is 0 Å². The van der Waals surface area contributed by atoms with E-state index in [9.17, 15) is 0 Å². The second-order valence-electron chi connectivity index (χ2n) is 7.15. The Hall–Kier alpha value is -1.74. The Bertz CT molecular complexity index is 758. The predicted molar refractivity (Wildman–Crippen MR) is 109 cm³/mol. The van der Waals surface area contributed by atoms with E-state index in [2.05, 4.69) is 70.9 Å². The number of nitrogens with zero attached hydrogens (tertiary/aromatic N) is 2. The highest BCUT2D eigenvalue weighted by Crippen LogP contribution is 2.32. The first-order chi connectivity index (χ1) is 12.3. The number of hydrogen-bond acceptors (Lipinski definition) is 2. The number of benzene rings is 1. The fourth-order valence-electron chi connectivity index (χ4n) is 4.07. The van der Waals surface area contributed by atoms with Crippen LogP contribution in [-0.4, -0.2) is 18.8 Å². The van der Waals surface area contributed by atoms with Crippen LogP contribution in [0.3, 0.4) is 0 Å². The van der Waals surface area contributed by atoms with Gasteiger partial charge in [0.1, 0.15) is 0 Å². The molecule has 0 unspecified atom stereocenters. The molecule has 25 heavy (non-hydrogen) atoms. The van der Waals surface area contributed by atoms with E-state index < -0.39 is 0 Å². The van der Waals surface area contributed by atoms with Gasteiger partial charge in [-0.1, -0.05) is 18.2 Å². The van der Waals surface area contributed by atoms with Crippen molar-refractivity contribution in [2.45, 2.75) is 38.6 Å². The number of aryl methyl sites for hydroxylation is 2. The zero-order valence-corrected chi connectivity index (χ0v) is 15.7. The first-order valence-electron chi connectivity index (χ1n) is 9.52. The molecular weight excluding hydrogens is 324 g/mol. The Morgan fingerprint density at radius 1 is 1.00 bits per heavy atom. The highest BCUT2D eigenvalue weighted by Gasteiger charge is 2.18. The predicted octanol–water partition coefficient (Wildman–Crippen LogP) is 4.38. The second-order valence-corrected chi connectivity index (χ2v) is 7.60. The summed E-state index contributed by atoms with van der Waals surface area (Å²) in [5.74, 6) is 0.884.